The number of nitrogens with one attached hydrogen (secondary N) is 1. The van der Waals surface area contributed by atoms with Gasteiger partial charge in [0.1, 0.15) is 13.2 Å². The average molecular weight is 404 g/mol. The van der Waals surface area contributed by atoms with Gasteiger partial charge in [-0.05, 0) is 55.8 Å². The normalized spacial score (nSPS) is 14.2. The lowest BCUT2D eigenvalue weighted by atomic mass is 10.1. The Morgan fingerprint density at radius 2 is 1.75 bits per heavy atom. The second-order valence-electron chi connectivity index (χ2n) is 6.57. The number of anilines is 1. The summed E-state index contributed by atoms with van der Waals surface area (Å²) in [5.41, 5.74) is 1.89. The number of sulfonamides is 1. The van der Waals surface area contributed by atoms with E-state index in [0.29, 0.717) is 42.5 Å². The Labute approximate surface area is 165 Å². The van der Waals surface area contributed by atoms with Gasteiger partial charge in [0, 0.05) is 12.1 Å². The lowest BCUT2D eigenvalue weighted by Gasteiger charge is -2.22. The maximum absolute atomic E-state index is 12.6. The summed E-state index contributed by atoms with van der Waals surface area (Å²) in [6.07, 6.45) is 1.16. The number of hydrogen-bond acceptors (Lipinski definition) is 5. The minimum Gasteiger partial charge on any atom is -0.486 e. The van der Waals surface area contributed by atoms with Crippen LogP contribution in [0.2, 0.25) is 0 Å². The van der Waals surface area contributed by atoms with Gasteiger partial charge in [-0.1, -0.05) is 6.07 Å². The standard InChI is InChI=1S/C20H24N2O5S/c1-4-22(28(3,24)25)17-8-5-15(6-9-17)20(23)21-14(2)16-7-10-18-19(13-16)27-12-11-26-18/h5-10,13-14H,4,11-12H2,1-3H3,(H,21,23)/t14-/m0/s1. The molecule has 7 nitrogen and oxygen atoms in total. The third-order valence-corrected chi connectivity index (χ3v) is 5.79. The number of benzene rings is 2. The predicted molar refractivity (Wildman–Crippen MR) is 108 cm³/mol. The Morgan fingerprint density at radius 1 is 1.11 bits per heavy atom. The van der Waals surface area contributed by atoms with Crippen LogP contribution in [0.5, 0.6) is 11.5 Å². The highest BCUT2D eigenvalue weighted by Gasteiger charge is 2.18. The van der Waals surface area contributed by atoms with E-state index in [9.17, 15) is 13.2 Å². The van der Waals surface area contributed by atoms with Gasteiger partial charge < -0.3 is 14.8 Å². The molecule has 2 aromatic carbocycles. The number of carbonyl (C=O) groups excluding carboxylic acids is 1. The molecule has 1 heterocycles. The van der Waals surface area contributed by atoms with Gasteiger partial charge in [0.25, 0.3) is 5.91 Å². The summed E-state index contributed by atoms with van der Waals surface area (Å²) >= 11 is 0. The van der Waals surface area contributed by atoms with Crippen LogP contribution < -0.4 is 19.1 Å². The zero-order valence-corrected chi connectivity index (χ0v) is 17.0. The molecule has 0 unspecified atom stereocenters. The smallest absolute Gasteiger partial charge is 0.251 e. The number of ether oxygens (including phenoxy) is 2. The number of hydrogen-bond donors (Lipinski definition) is 1. The summed E-state index contributed by atoms with van der Waals surface area (Å²) < 4.78 is 36.0. The maximum atomic E-state index is 12.6. The van der Waals surface area contributed by atoms with Gasteiger partial charge in [0.2, 0.25) is 10.0 Å². The topological polar surface area (TPSA) is 84.9 Å². The van der Waals surface area contributed by atoms with Crippen LogP contribution in [-0.2, 0) is 10.0 Å². The van der Waals surface area contributed by atoms with Crippen molar-refractivity contribution in [2.75, 3.05) is 30.3 Å². The maximum Gasteiger partial charge on any atom is 0.251 e. The van der Waals surface area contributed by atoms with E-state index in [4.69, 9.17) is 9.47 Å². The molecule has 1 aliphatic heterocycles. The van der Waals surface area contributed by atoms with Crippen molar-refractivity contribution in [2.24, 2.45) is 0 Å². The van der Waals surface area contributed by atoms with Crippen LogP contribution in [0.4, 0.5) is 5.69 Å². The third kappa shape index (κ3) is 4.39. The molecule has 0 saturated heterocycles. The fourth-order valence-corrected chi connectivity index (χ4v) is 4.05. The van der Waals surface area contributed by atoms with Crippen molar-refractivity contribution in [2.45, 2.75) is 19.9 Å². The third-order valence-electron chi connectivity index (χ3n) is 4.52. The van der Waals surface area contributed by atoms with Gasteiger partial charge in [0.05, 0.1) is 18.0 Å². The highest BCUT2D eigenvalue weighted by atomic mass is 32.2. The fourth-order valence-electron chi connectivity index (χ4n) is 3.08. The van der Waals surface area contributed by atoms with Gasteiger partial charge in [-0.15, -0.1) is 0 Å². The monoisotopic (exact) mass is 404 g/mol. The Hall–Kier alpha value is -2.74. The van der Waals surface area contributed by atoms with Crippen molar-refractivity contribution in [3.05, 3.63) is 53.6 Å². The molecular weight excluding hydrogens is 380 g/mol. The van der Waals surface area contributed by atoms with Crippen molar-refractivity contribution in [1.82, 2.24) is 5.32 Å². The van der Waals surface area contributed by atoms with Crippen molar-refractivity contribution in [3.63, 3.8) is 0 Å². The minimum absolute atomic E-state index is 0.230. The quantitative estimate of drug-likeness (QED) is 0.800. The van der Waals surface area contributed by atoms with E-state index in [0.717, 1.165) is 11.8 Å². The molecule has 0 aromatic heterocycles. The highest BCUT2D eigenvalue weighted by molar-refractivity contribution is 7.92. The van der Waals surface area contributed by atoms with Crippen molar-refractivity contribution < 1.29 is 22.7 Å². The molecule has 8 heteroatoms. The lowest BCUT2D eigenvalue weighted by Crippen LogP contribution is -2.30. The van der Waals surface area contributed by atoms with E-state index in [-0.39, 0.29) is 11.9 Å². The zero-order chi connectivity index (χ0) is 20.3. The molecule has 0 fully saturated rings. The molecule has 1 N–H and O–H groups in total. The van der Waals surface area contributed by atoms with Gasteiger partial charge in [-0.25, -0.2) is 8.42 Å². The van der Waals surface area contributed by atoms with E-state index >= 15 is 0 Å². The summed E-state index contributed by atoms with van der Waals surface area (Å²) in [5, 5.41) is 2.95. The molecule has 1 amide bonds. The molecular formula is C20H24N2O5S. The predicted octanol–water partition coefficient (Wildman–Crippen LogP) is 2.73. The Balaban J connectivity index is 1.70. The van der Waals surface area contributed by atoms with Gasteiger partial charge in [-0.2, -0.15) is 0 Å². The van der Waals surface area contributed by atoms with Gasteiger partial charge in [0.15, 0.2) is 11.5 Å². The number of carbonyl (C=O) groups is 1. The van der Waals surface area contributed by atoms with E-state index in [1.54, 1.807) is 31.2 Å². The van der Waals surface area contributed by atoms with E-state index < -0.39 is 10.0 Å². The van der Waals surface area contributed by atoms with Gasteiger partial charge >= 0.3 is 0 Å². The molecule has 150 valence electrons. The molecule has 0 spiro atoms. The zero-order valence-electron chi connectivity index (χ0n) is 16.1. The largest absolute Gasteiger partial charge is 0.486 e. The number of nitrogens with zero attached hydrogens (tertiary/aromatic N) is 1. The Bertz CT molecular complexity index is 957. The van der Waals surface area contributed by atoms with Gasteiger partial charge in [-0.3, -0.25) is 9.10 Å². The van der Waals surface area contributed by atoms with Crippen LogP contribution in [0, 0.1) is 0 Å². The Kier molecular flexibility index (Phi) is 5.79. The Morgan fingerprint density at radius 3 is 2.36 bits per heavy atom. The minimum atomic E-state index is -3.35. The number of fused-ring (bicyclic) bond motifs is 1. The second kappa shape index (κ2) is 8.10. The SMILES string of the molecule is CCN(c1ccc(C(=O)N[C@@H](C)c2ccc3c(c2)OCCO3)cc1)S(C)(=O)=O. The van der Waals surface area contributed by atoms with Crippen LogP contribution in [0.3, 0.4) is 0 Å². The molecule has 0 bridgehead atoms. The number of amides is 1. The van der Waals surface area contributed by atoms with Crippen molar-refractivity contribution >= 4 is 21.6 Å². The molecule has 28 heavy (non-hydrogen) atoms. The summed E-state index contributed by atoms with van der Waals surface area (Å²) in [6, 6.07) is 11.9. The summed E-state index contributed by atoms with van der Waals surface area (Å²) in [4.78, 5) is 12.6. The van der Waals surface area contributed by atoms with Crippen LogP contribution in [0.1, 0.15) is 35.8 Å². The van der Waals surface area contributed by atoms with Crippen molar-refractivity contribution in [3.8, 4) is 11.5 Å². The first-order valence-corrected chi connectivity index (χ1v) is 10.9. The first-order valence-electron chi connectivity index (χ1n) is 9.07. The fraction of sp³-hybridized carbons (Fsp3) is 0.350. The van der Waals surface area contributed by atoms with Crippen molar-refractivity contribution in [1.29, 1.82) is 0 Å². The molecule has 3 rings (SSSR count). The molecule has 2 aromatic rings. The molecule has 0 saturated carbocycles. The summed E-state index contributed by atoms with van der Waals surface area (Å²) in [6.45, 7) is 5.01. The second-order valence-corrected chi connectivity index (χ2v) is 8.48. The van der Waals surface area contributed by atoms with Crippen LogP contribution >= 0.6 is 0 Å². The van der Waals surface area contributed by atoms with Crippen LogP contribution in [0.15, 0.2) is 42.5 Å². The molecule has 1 aliphatic rings. The van der Waals surface area contributed by atoms with Crippen LogP contribution in [-0.4, -0.2) is 40.3 Å². The molecule has 0 radical (unpaired) electrons. The van der Waals surface area contributed by atoms with E-state index in [2.05, 4.69) is 5.32 Å². The van der Waals surface area contributed by atoms with E-state index in [1.807, 2.05) is 25.1 Å². The van der Waals surface area contributed by atoms with E-state index in [1.165, 1.54) is 4.31 Å². The highest BCUT2D eigenvalue weighted by Crippen LogP contribution is 2.32. The number of rotatable bonds is 6. The molecule has 0 aliphatic carbocycles. The summed E-state index contributed by atoms with van der Waals surface area (Å²) in [7, 11) is -3.35. The first-order chi connectivity index (χ1) is 13.3. The lowest BCUT2D eigenvalue weighted by molar-refractivity contribution is 0.0939. The average Bonchev–Trinajstić information content (AvgIpc) is 2.67. The molecule has 1 atom stereocenters. The summed E-state index contributed by atoms with van der Waals surface area (Å²) in [5.74, 6) is 1.14. The first kappa shape index (κ1) is 20.0. The van der Waals surface area contributed by atoms with Crippen LogP contribution in [0.25, 0.3) is 0 Å².